The minimum atomic E-state index is -4.49. The minimum Gasteiger partial charge on any atom is -0.504 e. The van der Waals surface area contributed by atoms with E-state index >= 15 is 0 Å². The average molecular weight is 366 g/mol. The first-order valence-electron chi connectivity index (χ1n) is 6.78. The van der Waals surface area contributed by atoms with Crippen molar-refractivity contribution in [2.24, 2.45) is 0 Å². The molecule has 9 nitrogen and oxygen atoms in total. The van der Waals surface area contributed by atoms with Crippen LogP contribution in [-0.2, 0) is 10.0 Å². The van der Waals surface area contributed by atoms with E-state index in [9.17, 15) is 28.7 Å². The molecule has 3 N–H and O–H groups in total. The molecule has 0 unspecified atom stereocenters. The van der Waals surface area contributed by atoms with Gasteiger partial charge in [0.15, 0.2) is 11.5 Å². The minimum absolute atomic E-state index is 0.0297. The predicted molar refractivity (Wildman–Crippen MR) is 90.3 cm³/mol. The highest BCUT2D eigenvalue weighted by atomic mass is 32.2. The second kappa shape index (κ2) is 7.09. The summed E-state index contributed by atoms with van der Waals surface area (Å²) in [6.45, 7) is 0. The van der Waals surface area contributed by atoms with Crippen LogP contribution < -0.4 is 9.46 Å². The number of rotatable bonds is 6. The molecule has 0 aliphatic rings. The van der Waals surface area contributed by atoms with Crippen molar-refractivity contribution in [3.8, 4) is 17.2 Å². The molecular weight excluding hydrogens is 352 g/mol. The Hall–Kier alpha value is -3.27. The maximum absolute atomic E-state index is 12.3. The number of hydrogen-bond donors (Lipinski definition) is 3. The van der Waals surface area contributed by atoms with Crippen molar-refractivity contribution < 1.29 is 28.3 Å². The maximum atomic E-state index is 12.3. The van der Waals surface area contributed by atoms with Crippen LogP contribution in [0.4, 0.5) is 5.69 Å². The van der Waals surface area contributed by atoms with Crippen molar-refractivity contribution in [1.82, 2.24) is 0 Å². The molecule has 2 aromatic rings. The molecule has 0 aliphatic heterocycles. The predicted octanol–water partition coefficient (Wildman–Crippen LogP) is 2.12. The highest BCUT2D eigenvalue weighted by Crippen LogP contribution is 2.27. The van der Waals surface area contributed by atoms with Crippen LogP contribution in [-0.4, -0.2) is 30.7 Å². The van der Waals surface area contributed by atoms with Gasteiger partial charge in [0.1, 0.15) is 5.75 Å². The summed E-state index contributed by atoms with van der Waals surface area (Å²) in [5.74, 6) is -0.469. The number of phenols is 2. The summed E-state index contributed by atoms with van der Waals surface area (Å²) in [4.78, 5) is 10.1. The van der Waals surface area contributed by atoms with Crippen molar-refractivity contribution in [1.29, 1.82) is 0 Å². The molecule has 2 aromatic carbocycles. The van der Waals surface area contributed by atoms with E-state index in [-0.39, 0.29) is 11.3 Å². The number of hydrogen-bond acceptors (Lipinski definition) is 7. The molecule has 25 heavy (non-hydrogen) atoms. The Balaban J connectivity index is 2.38. The second-order valence-electron chi connectivity index (χ2n) is 4.82. The van der Waals surface area contributed by atoms with Crippen LogP contribution in [0.15, 0.2) is 47.5 Å². The smallest absolute Gasteiger partial charge is 0.379 e. The normalized spacial score (nSPS) is 11.8. The molecule has 0 amide bonds. The molecule has 0 aliphatic carbocycles. The van der Waals surface area contributed by atoms with Crippen molar-refractivity contribution in [2.75, 3.05) is 11.8 Å². The molecule has 0 bridgehead atoms. The number of ether oxygens (including phenoxy) is 1. The lowest BCUT2D eigenvalue weighted by molar-refractivity contribution is -0.410. The van der Waals surface area contributed by atoms with E-state index in [0.29, 0.717) is 5.75 Å². The summed E-state index contributed by atoms with van der Waals surface area (Å²) < 4.78 is 31.6. The summed E-state index contributed by atoms with van der Waals surface area (Å²) in [6.07, 6.45) is 0.769. The monoisotopic (exact) mass is 366 g/mol. The van der Waals surface area contributed by atoms with E-state index in [4.69, 9.17) is 4.74 Å². The standard InChI is InChI=1S/C15H14N2O7S/c1-24-12-5-3-11(4-6-12)16-25(22,23)15(17(20)21)9-10-2-7-13(18)14(19)8-10/h2-9,16,18-19H,1H3. The number of sulfonamides is 1. The Bertz CT molecular complexity index is 921. The highest BCUT2D eigenvalue weighted by Gasteiger charge is 2.29. The van der Waals surface area contributed by atoms with Crippen LogP contribution in [0.2, 0.25) is 0 Å². The number of methoxy groups -OCH3 is 1. The Morgan fingerprint density at radius 2 is 1.80 bits per heavy atom. The average Bonchev–Trinajstić information content (AvgIpc) is 2.55. The molecule has 0 aromatic heterocycles. The second-order valence-corrected chi connectivity index (χ2v) is 6.45. The van der Waals surface area contributed by atoms with E-state index in [2.05, 4.69) is 4.72 Å². The van der Waals surface area contributed by atoms with E-state index in [1.807, 2.05) is 0 Å². The number of benzene rings is 2. The largest absolute Gasteiger partial charge is 0.504 e. The van der Waals surface area contributed by atoms with Crippen LogP contribution in [0.25, 0.3) is 6.08 Å². The third-order valence-corrected chi connectivity index (χ3v) is 4.41. The summed E-state index contributed by atoms with van der Waals surface area (Å²) in [6, 6.07) is 9.07. The van der Waals surface area contributed by atoms with Gasteiger partial charge in [-0.05, 0) is 42.0 Å². The van der Waals surface area contributed by atoms with Crippen molar-refractivity contribution in [3.05, 3.63) is 63.2 Å². The van der Waals surface area contributed by atoms with Gasteiger partial charge in [-0.2, -0.15) is 8.42 Å². The van der Waals surface area contributed by atoms with Gasteiger partial charge in [0, 0.05) is 11.8 Å². The fourth-order valence-electron chi connectivity index (χ4n) is 1.87. The van der Waals surface area contributed by atoms with Gasteiger partial charge in [0.25, 0.3) is 0 Å². The molecular formula is C15H14N2O7S. The van der Waals surface area contributed by atoms with Gasteiger partial charge in [-0.3, -0.25) is 14.8 Å². The van der Waals surface area contributed by atoms with Gasteiger partial charge in [0.2, 0.25) is 0 Å². The summed E-state index contributed by atoms with van der Waals surface area (Å²) in [5, 5.41) is 28.7. The molecule has 2 rings (SSSR count). The van der Waals surface area contributed by atoms with Gasteiger partial charge < -0.3 is 14.9 Å². The fraction of sp³-hybridized carbons (Fsp3) is 0.0667. The molecule has 10 heteroatoms. The highest BCUT2D eigenvalue weighted by molar-refractivity contribution is 7.96. The Labute approximate surface area is 143 Å². The lowest BCUT2D eigenvalue weighted by Crippen LogP contribution is -2.20. The van der Waals surface area contributed by atoms with Crippen LogP contribution in [0.3, 0.4) is 0 Å². The molecule has 0 heterocycles. The quantitative estimate of drug-likeness (QED) is 0.404. The van der Waals surface area contributed by atoms with E-state index in [1.165, 1.54) is 37.4 Å². The number of anilines is 1. The van der Waals surface area contributed by atoms with Crippen LogP contribution in [0.1, 0.15) is 5.56 Å². The van der Waals surface area contributed by atoms with Gasteiger partial charge >= 0.3 is 15.1 Å². The Morgan fingerprint density at radius 1 is 1.16 bits per heavy atom. The fourth-order valence-corrected chi connectivity index (χ4v) is 2.91. The Kier molecular flexibility index (Phi) is 5.13. The molecule has 0 saturated carbocycles. The summed E-state index contributed by atoms with van der Waals surface area (Å²) in [5.41, 5.74) is 0.143. The first-order chi connectivity index (χ1) is 11.7. The number of nitrogens with one attached hydrogen (secondary N) is 1. The molecule has 0 saturated heterocycles. The number of aromatic hydroxyl groups is 2. The molecule has 0 atom stereocenters. The zero-order chi connectivity index (χ0) is 18.6. The topological polar surface area (TPSA) is 139 Å². The SMILES string of the molecule is COc1ccc(NS(=O)(=O)C(=Cc2ccc(O)c(O)c2)[N+](=O)[O-])cc1. The zero-order valence-electron chi connectivity index (χ0n) is 12.9. The van der Waals surface area contributed by atoms with Crippen LogP contribution in [0, 0.1) is 10.1 Å². The van der Waals surface area contributed by atoms with Gasteiger partial charge in [-0.1, -0.05) is 6.07 Å². The first kappa shape index (κ1) is 18.1. The van der Waals surface area contributed by atoms with Gasteiger partial charge in [-0.25, -0.2) is 0 Å². The van der Waals surface area contributed by atoms with Crippen molar-refractivity contribution >= 4 is 21.8 Å². The van der Waals surface area contributed by atoms with E-state index < -0.39 is 31.5 Å². The van der Waals surface area contributed by atoms with Gasteiger partial charge in [0.05, 0.1) is 12.0 Å². The van der Waals surface area contributed by atoms with E-state index in [1.54, 1.807) is 0 Å². The third-order valence-electron chi connectivity index (χ3n) is 3.09. The van der Waals surface area contributed by atoms with Crippen molar-refractivity contribution in [3.63, 3.8) is 0 Å². The molecule has 0 radical (unpaired) electrons. The number of phenolic OH excluding ortho intramolecular Hbond substituents is 2. The summed E-state index contributed by atoms with van der Waals surface area (Å²) in [7, 11) is -3.04. The first-order valence-corrected chi connectivity index (χ1v) is 8.26. The third kappa shape index (κ3) is 4.38. The maximum Gasteiger partial charge on any atom is 0.379 e. The van der Waals surface area contributed by atoms with Gasteiger partial charge in [-0.15, -0.1) is 0 Å². The molecule has 0 fully saturated rings. The Morgan fingerprint density at radius 3 is 2.32 bits per heavy atom. The van der Waals surface area contributed by atoms with Crippen LogP contribution in [0.5, 0.6) is 17.2 Å². The zero-order valence-corrected chi connectivity index (χ0v) is 13.7. The van der Waals surface area contributed by atoms with E-state index in [0.717, 1.165) is 18.2 Å². The van der Waals surface area contributed by atoms with Crippen molar-refractivity contribution in [2.45, 2.75) is 0 Å². The molecule has 0 spiro atoms. The summed E-state index contributed by atoms with van der Waals surface area (Å²) >= 11 is 0. The molecule has 132 valence electrons. The number of nitro groups is 1. The number of nitrogens with zero attached hydrogens (tertiary/aromatic N) is 1. The lowest BCUT2D eigenvalue weighted by atomic mass is 10.2. The van der Waals surface area contributed by atoms with Crippen LogP contribution >= 0.6 is 0 Å². The lowest BCUT2D eigenvalue weighted by Gasteiger charge is -2.07.